The molecule has 0 amide bonds. The Morgan fingerprint density at radius 2 is 1.53 bits per heavy atom. The molecule has 4 aromatic rings. The van der Waals surface area contributed by atoms with Crippen LogP contribution in [0.5, 0.6) is 0 Å². The molecule has 166 valence electrons. The number of hydrogen-bond donors (Lipinski definition) is 1. The third-order valence-electron chi connectivity index (χ3n) is 6.20. The Balaban J connectivity index is 1.67. The molecule has 0 fully saturated rings. The van der Waals surface area contributed by atoms with Crippen LogP contribution in [0.4, 0.5) is 5.69 Å². The minimum atomic E-state index is -3.79. The quantitative estimate of drug-likeness (QED) is 0.500. The number of nitrogens with zero attached hydrogens (tertiary/aromatic N) is 3. The van der Waals surface area contributed by atoms with Crippen molar-refractivity contribution in [3.63, 3.8) is 0 Å². The van der Waals surface area contributed by atoms with Crippen molar-refractivity contribution in [2.45, 2.75) is 46.1 Å². The Labute approximate surface area is 187 Å². The van der Waals surface area contributed by atoms with E-state index in [1.807, 2.05) is 46.8 Å². The Bertz CT molecular complexity index is 1490. The summed E-state index contributed by atoms with van der Waals surface area (Å²) in [6.45, 7) is 9.83. The van der Waals surface area contributed by atoms with Gasteiger partial charge in [-0.3, -0.25) is 9.12 Å². The highest BCUT2D eigenvalue weighted by Crippen LogP contribution is 2.30. The van der Waals surface area contributed by atoms with Crippen LogP contribution in [0.25, 0.3) is 5.65 Å². The molecule has 0 unspecified atom stereocenters. The van der Waals surface area contributed by atoms with Crippen LogP contribution in [0, 0.1) is 34.6 Å². The van der Waals surface area contributed by atoms with E-state index in [1.165, 1.54) is 9.08 Å². The van der Waals surface area contributed by atoms with Gasteiger partial charge in [-0.2, -0.15) is 0 Å². The standard InChI is InChI=1S/C24H26N4O3S/c1-15-16(2)18(4)23(19(5)17(15)3)32(30,31)26-21-10-8-9-20(13-21)14-28-24(29)27-12-7-6-11-22(27)25-28/h6-13,26H,14H2,1-5H3. The number of fused-ring (bicyclic) bond motifs is 1. The summed E-state index contributed by atoms with van der Waals surface area (Å²) in [6, 6.07) is 12.4. The molecule has 0 aliphatic carbocycles. The van der Waals surface area contributed by atoms with Crippen molar-refractivity contribution in [2.24, 2.45) is 0 Å². The number of rotatable bonds is 5. The van der Waals surface area contributed by atoms with Gasteiger partial charge in [-0.25, -0.2) is 17.9 Å². The van der Waals surface area contributed by atoms with E-state index in [2.05, 4.69) is 9.82 Å². The summed E-state index contributed by atoms with van der Waals surface area (Å²) in [5, 5.41) is 4.34. The van der Waals surface area contributed by atoms with Crippen LogP contribution in [0.15, 0.2) is 58.4 Å². The molecule has 0 spiro atoms. The van der Waals surface area contributed by atoms with E-state index >= 15 is 0 Å². The summed E-state index contributed by atoms with van der Waals surface area (Å²) in [4.78, 5) is 12.9. The van der Waals surface area contributed by atoms with E-state index in [4.69, 9.17) is 0 Å². The zero-order valence-electron chi connectivity index (χ0n) is 18.8. The van der Waals surface area contributed by atoms with Gasteiger partial charge in [0.05, 0.1) is 11.4 Å². The van der Waals surface area contributed by atoms with Crippen molar-refractivity contribution in [1.82, 2.24) is 14.2 Å². The monoisotopic (exact) mass is 450 g/mol. The average Bonchev–Trinajstić information content (AvgIpc) is 3.06. The van der Waals surface area contributed by atoms with Gasteiger partial charge in [0.15, 0.2) is 5.65 Å². The Kier molecular flexibility index (Phi) is 5.42. The smallest absolute Gasteiger partial charge is 0.280 e. The first-order valence-corrected chi connectivity index (χ1v) is 11.8. The predicted octanol–water partition coefficient (Wildman–Crippen LogP) is 3.89. The second kappa shape index (κ2) is 7.94. The number of anilines is 1. The number of pyridine rings is 1. The summed E-state index contributed by atoms with van der Waals surface area (Å²) in [5.74, 6) is 0. The lowest BCUT2D eigenvalue weighted by molar-refractivity contribution is 0.599. The van der Waals surface area contributed by atoms with Gasteiger partial charge in [-0.15, -0.1) is 5.10 Å². The molecule has 0 atom stereocenters. The van der Waals surface area contributed by atoms with Crippen molar-refractivity contribution in [1.29, 1.82) is 0 Å². The topological polar surface area (TPSA) is 85.5 Å². The first-order chi connectivity index (χ1) is 15.1. The zero-order valence-corrected chi connectivity index (χ0v) is 19.6. The highest BCUT2D eigenvalue weighted by atomic mass is 32.2. The maximum absolute atomic E-state index is 13.3. The second-order valence-electron chi connectivity index (χ2n) is 8.13. The van der Waals surface area contributed by atoms with E-state index < -0.39 is 10.0 Å². The highest BCUT2D eigenvalue weighted by molar-refractivity contribution is 7.92. The lowest BCUT2D eigenvalue weighted by Crippen LogP contribution is -2.21. The van der Waals surface area contributed by atoms with Gasteiger partial charge < -0.3 is 0 Å². The number of sulfonamides is 1. The van der Waals surface area contributed by atoms with Gasteiger partial charge in [0.2, 0.25) is 0 Å². The van der Waals surface area contributed by atoms with E-state index in [-0.39, 0.29) is 12.2 Å². The molecule has 0 saturated heterocycles. The Morgan fingerprint density at radius 3 is 2.19 bits per heavy atom. The molecule has 0 aliphatic heterocycles. The fraction of sp³-hybridized carbons (Fsp3) is 0.250. The van der Waals surface area contributed by atoms with Crippen LogP contribution in [0.1, 0.15) is 33.4 Å². The van der Waals surface area contributed by atoms with E-state index in [0.29, 0.717) is 16.2 Å². The van der Waals surface area contributed by atoms with Crippen molar-refractivity contribution < 1.29 is 8.42 Å². The first kappa shape index (κ1) is 21.8. The fourth-order valence-corrected chi connectivity index (χ4v) is 5.70. The van der Waals surface area contributed by atoms with Gasteiger partial charge in [0, 0.05) is 11.9 Å². The van der Waals surface area contributed by atoms with Crippen molar-refractivity contribution in [3.8, 4) is 0 Å². The van der Waals surface area contributed by atoms with Crippen LogP contribution in [-0.4, -0.2) is 22.6 Å². The lowest BCUT2D eigenvalue weighted by Gasteiger charge is -2.19. The van der Waals surface area contributed by atoms with Crippen molar-refractivity contribution in [3.05, 3.63) is 92.5 Å². The molecule has 2 aromatic heterocycles. The normalized spacial score (nSPS) is 11.8. The summed E-state index contributed by atoms with van der Waals surface area (Å²) in [5.41, 5.74) is 6.10. The van der Waals surface area contributed by atoms with Crippen molar-refractivity contribution >= 4 is 21.4 Å². The molecular weight excluding hydrogens is 424 g/mol. The van der Waals surface area contributed by atoms with Crippen LogP contribution in [-0.2, 0) is 16.6 Å². The molecule has 0 radical (unpaired) electrons. The molecule has 8 heteroatoms. The minimum absolute atomic E-state index is 0.233. The summed E-state index contributed by atoms with van der Waals surface area (Å²) < 4.78 is 32.2. The Morgan fingerprint density at radius 1 is 0.875 bits per heavy atom. The molecular formula is C24H26N4O3S. The van der Waals surface area contributed by atoms with Gasteiger partial charge in [0.25, 0.3) is 10.0 Å². The average molecular weight is 451 g/mol. The summed E-state index contributed by atoms with van der Waals surface area (Å²) >= 11 is 0. The molecule has 0 saturated carbocycles. The van der Waals surface area contributed by atoms with E-state index in [9.17, 15) is 13.2 Å². The Hall–Kier alpha value is -3.39. The van der Waals surface area contributed by atoms with Crippen LogP contribution in [0.3, 0.4) is 0 Å². The third kappa shape index (κ3) is 3.71. The lowest BCUT2D eigenvalue weighted by atomic mass is 9.95. The molecule has 2 aromatic carbocycles. The molecule has 4 rings (SSSR count). The fourth-order valence-electron chi connectivity index (χ4n) is 4.05. The molecule has 2 heterocycles. The third-order valence-corrected chi connectivity index (χ3v) is 7.85. The molecule has 1 N–H and O–H groups in total. The van der Waals surface area contributed by atoms with Gasteiger partial charge in [0.1, 0.15) is 0 Å². The molecule has 0 bridgehead atoms. The van der Waals surface area contributed by atoms with E-state index in [0.717, 1.165) is 33.4 Å². The van der Waals surface area contributed by atoms with Gasteiger partial charge in [-0.1, -0.05) is 18.2 Å². The first-order valence-electron chi connectivity index (χ1n) is 10.3. The summed E-state index contributed by atoms with van der Waals surface area (Å²) in [6.07, 6.45) is 1.67. The van der Waals surface area contributed by atoms with Gasteiger partial charge >= 0.3 is 5.69 Å². The second-order valence-corrected chi connectivity index (χ2v) is 9.75. The number of aromatic nitrogens is 3. The number of hydrogen-bond acceptors (Lipinski definition) is 4. The van der Waals surface area contributed by atoms with Crippen molar-refractivity contribution in [2.75, 3.05) is 4.72 Å². The predicted molar refractivity (Wildman–Crippen MR) is 126 cm³/mol. The number of benzene rings is 2. The van der Waals surface area contributed by atoms with Crippen LogP contribution < -0.4 is 10.4 Å². The van der Waals surface area contributed by atoms with E-state index in [1.54, 1.807) is 36.5 Å². The zero-order chi connectivity index (χ0) is 23.2. The SMILES string of the molecule is Cc1c(C)c(C)c(S(=O)(=O)Nc2cccc(Cn3nc4ccccn4c3=O)c2)c(C)c1C. The molecule has 32 heavy (non-hydrogen) atoms. The molecule has 7 nitrogen and oxygen atoms in total. The van der Waals surface area contributed by atoms with Crippen LogP contribution >= 0.6 is 0 Å². The van der Waals surface area contributed by atoms with Gasteiger partial charge in [-0.05, 0) is 92.3 Å². The summed E-state index contributed by atoms with van der Waals surface area (Å²) in [7, 11) is -3.79. The largest absolute Gasteiger partial charge is 0.350 e. The van der Waals surface area contributed by atoms with Crippen LogP contribution in [0.2, 0.25) is 0 Å². The number of nitrogens with one attached hydrogen (secondary N) is 1. The maximum Gasteiger partial charge on any atom is 0.350 e. The highest BCUT2D eigenvalue weighted by Gasteiger charge is 2.24. The minimum Gasteiger partial charge on any atom is -0.280 e. The maximum atomic E-state index is 13.3. The molecule has 0 aliphatic rings.